The molecule has 4 nitrogen and oxygen atoms in total. The van der Waals surface area contributed by atoms with E-state index in [2.05, 4.69) is 6.92 Å². The molecule has 22 heavy (non-hydrogen) atoms. The number of carboxylic acid groups (broad SMARTS) is 1. The van der Waals surface area contributed by atoms with E-state index in [1.54, 1.807) is 12.1 Å². The molecule has 0 aliphatic carbocycles. The Hall–Kier alpha value is -2.49. The Kier molecular flexibility index (Phi) is 4.00. The number of para-hydroxylation sites is 1. The normalized spacial score (nSPS) is 12.0. The van der Waals surface area contributed by atoms with Crippen molar-refractivity contribution in [1.29, 1.82) is 0 Å². The third-order valence-corrected chi connectivity index (χ3v) is 3.76. The number of benzene rings is 2. The van der Waals surface area contributed by atoms with E-state index in [0.717, 1.165) is 24.2 Å². The third kappa shape index (κ3) is 2.64. The Bertz CT molecular complexity index is 706. The zero-order valence-electron chi connectivity index (χ0n) is 12.5. The van der Waals surface area contributed by atoms with Crippen molar-refractivity contribution in [2.75, 3.05) is 6.61 Å². The molecule has 0 aromatic heterocycles. The lowest BCUT2D eigenvalue weighted by Gasteiger charge is -2.23. The van der Waals surface area contributed by atoms with E-state index < -0.39 is 5.97 Å². The van der Waals surface area contributed by atoms with Crippen molar-refractivity contribution in [3.63, 3.8) is 0 Å². The topological polar surface area (TPSA) is 55.8 Å². The van der Waals surface area contributed by atoms with Crippen LogP contribution in [0.2, 0.25) is 0 Å². The summed E-state index contributed by atoms with van der Waals surface area (Å²) in [6.45, 7) is 2.59. The maximum atomic E-state index is 11.7. The van der Waals surface area contributed by atoms with Gasteiger partial charge in [0, 0.05) is 12.0 Å². The first-order valence-corrected chi connectivity index (χ1v) is 7.48. The number of ether oxygens (including phenoxy) is 2. The van der Waals surface area contributed by atoms with Crippen LogP contribution in [0.5, 0.6) is 17.2 Å². The number of carbonyl (C=O) groups is 1. The summed E-state index contributed by atoms with van der Waals surface area (Å²) in [6, 6.07) is 11.2. The summed E-state index contributed by atoms with van der Waals surface area (Å²) in [5.41, 5.74) is 1.88. The first-order valence-electron chi connectivity index (χ1n) is 7.48. The van der Waals surface area contributed by atoms with Gasteiger partial charge in [-0.2, -0.15) is 0 Å². The highest BCUT2D eigenvalue weighted by Gasteiger charge is 2.25. The minimum absolute atomic E-state index is 0.211. The van der Waals surface area contributed by atoms with Crippen molar-refractivity contribution in [2.24, 2.45) is 0 Å². The third-order valence-electron chi connectivity index (χ3n) is 3.76. The van der Waals surface area contributed by atoms with Crippen LogP contribution in [-0.4, -0.2) is 17.7 Å². The van der Waals surface area contributed by atoms with Gasteiger partial charge in [0.2, 0.25) is 0 Å². The molecule has 1 aliphatic heterocycles. The Balaban J connectivity index is 2.00. The Labute approximate surface area is 129 Å². The van der Waals surface area contributed by atoms with Crippen molar-refractivity contribution in [3.05, 3.63) is 53.1 Å². The van der Waals surface area contributed by atoms with E-state index in [4.69, 9.17) is 9.47 Å². The van der Waals surface area contributed by atoms with Crippen LogP contribution in [0.1, 0.15) is 41.3 Å². The molecule has 1 aliphatic rings. The monoisotopic (exact) mass is 298 g/mol. The maximum absolute atomic E-state index is 11.7. The molecule has 0 saturated heterocycles. The van der Waals surface area contributed by atoms with Crippen molar-refractivity contribution < 1.29 is 19.4 Å². The fourth-order valence-electron chi connectivity index (χ4n) is 2.62. The first-order chi connectivity index (χ1) is 10.7. The van der Waals surface area contributed by atoms with E-state index >= 15 is 0 Å². The highest BCUT2D eigenvalue weighted by Crippen LogP contribution is 2.40. The number of unbranched alkanes of at least 4 members (excludes halogenated alkanes) is 1. The van der Waals surface area contributed by atoms with Gasteiger partial charge >= 0.3 is 5.97 Å². The summed E-state index contributed by atoms with van der Waals surface area (Å²) in [7, 11) is 0. The van der Waals surface area contributed by atoms with Crippen LogP contribution >= 0.6 is 0 Å². The average molecular weight is 298 g/mol. The lowest BCUT2D eigenvalue weighted by atomic mass is 9.95. The number of fused-ring (bicyclic) bond motifs is 2. The predicted octanol–water partition coefficient (Wildman–Crippen LogP) is 4.26. The number of carboxylic acids is 1. The zero-order chi connectivity index (χ0) is 15.5. The van der Waals surface area contributed by atoms with E-state index in [0.29, 0.717) is 30.1 Å². The summed E-state index contributed by atoms with van der Waals surface area (Å²) in [5.74, 6) is 0.818. The summed E-state index contributed by atoms with van der Waals surface area (Å²) >= 11 is 0. The Morgan fingerprint density at radius 3 is 2.82 bits per heavy atom. The van der Waals surface area contributed by atoms with Gasteiger partial charge in [-0.3, -0.25) is 0 Å². The van der Waals surface area contributed by atoms with Gasteiger partial charge in [-0.05, 0) is 30.2 Å². The van der Waals surface area contributed by atoms with Crippen LogP contribution in [-0.2, 0) is 6.42 Å². The average Bonchev–Trinajstić information content (AvgIpc) is 2.52. The lowest BCUT2D eigenvalue weighted by molar-refractivity contribution is 0.0690. The fourth-order valence-corrected chi connectivity index (χ4v) is 2.62. The molecule has 0 saturated carbocycles. The Morgan fingerprint density at radius 1 is 1.23 bits per heavy atom. The van der Waals surface area contributed by atoms with Gasteiger partial charge in [0.05, 0.1) is 6.61 Å². The van der Waals surface area contributed by atoms with Crippen LogP contribution in [0.4, 0.5) is 0 Å². The van der Waals surface area contributed by atoms with E-state index in [-0.39, 0.29) is 5.56 Å². The largest absolute Gasteiger partial charge is 0.493 e. The molecule has 3 rings (SSSR count). The van der Waals surface area contributed by atoms with Crippen molar-refractivity contribution >= 4 is 5.97 Å². The molecule has 0 unspecified atom stereocenters. The van der Waals surface area contributed by atoms with Gasteiger partial charge < -0.3 is 14.6 Å². The molecule has 4 heteroatoms. The van der Waals surface area contributed by atoms with Crippen molar-refractivity contribution in [3.8, 4) is 17.2 Å². The van der Waals surface area contributed by atoms with Gasteiger partial charge in [-0.15, -0.1) is 0 Å². The lowest BCUT2D eigenvalue weighted by Crippen LogP contribution is -2.12. The van der Waals surface area contributed by atoms with Crippen molar-refractivity contribution in [1.82, 2.24) is 0 Å². The summed E-state index contributed by atoms with van der Waals surface area (Å²) < 4.78 is 11.5. The molecule has 0 radical (unpaired) electrons. The van der Waals surface area contributed by atoms with Gasteiger partial charge in [0.1, 0.15) is 22.8 Å². The van der Waals surface area contributed by atoms with Gasteiger partial charge in [-0.25, -0.2) is 4.79 Å². The SMILES string of the molecule is CCCCOc1ccc2c(c1C(=O)O)Cc1ccccc1O2. The molecule has 2 aromatic carbocycles. The van der Waals surface area contributed by atoms with E-state index in [1.807, 2.05) is 24.3 Å². The highest BCUT2D eigenvalue weighted by molar-refractivity contribution is 5.94. The molecule has 0 bridgehead atoms. The standard InChI is InChI=1S/C18H18O4/c1-2-3-10-21-16-9-8-15-13(17(16)18(19)20)11-12-6-4-5-7-14(12)22-15/h4-9H,2-3,10-11H2,1H3,(H,19,20). The fraction of sp³-hybridized carbons (Fsp3) is 0.278. The predicted molar refractivity (Wildman–Crippen MR) is 83.1 cm³/mol. The van der Waals surface area contributed by atoms with Crippen LogP contribution in [0.25, 0.3) is 0 Å². The maximum Gasteiger partial charge on any atom is 0.339 e. The number of hydrogen-bond donors (Lipinski definition) is 1. The quantitative estimate of drug-likeness (QED) is 0.715. The Morgan fingerprint density at radius 2 is 2.05 bits per heavy atom. The van der Waals surface area contributed by atoms with E-state index in [9.17, 15) is 9.90 Å². The summed E-state index contributed by atoms with van der Waals surface area (Å²) in [4.78, 5) is 11.7. The molecule has 2 aromatic rings. The summed E-state index contributed by atoms with van der Waals surface area (Å²) in [6.07, 6.45) is 2.44. The molecule has 0 spiro atoms. The zero-order valence-corrected chi connectivity index (χ0v) is 12.5. The summed E-state index contributed by atoms with van der Waals surface area (Å²) in [5, 5.41) is 9.59. The van der Waals surface area contributed by atoms with Gasteiger partial charge in [0.25, 0.3) is 0 Å². The molecule has 1 heterocycles. The molecule has 0 amide bonds. The number of rotatable bonds is 5. The van der Waals surface area contributed by atoms with E-state index in [1.165, 1.54) is 0 Å². The first kappa shape index (κ1) is 14.4. The van der Waals surface area contributed by atoms with Gasteiger partial charge in [-0.1, -0.05) is 31.5 Å². The second-order valence-electron chi connectivity index (χ2n) is 5.31. The van der Waals surface area contributed by atoms with Crippen LogP contribution in [0.15, 0.2) is 36.4 Å². The minimum atomic E-state index is -0.980. The van der Waals surface area contributed by atoms with Crippen LogP contribution < -0.4 is 9.47 Å². The second-order valence-corrected chi connectivity index (χ2v) is 5.31. The molecular weight excluding hydrogens is 280 g/mol. The second kappa shape index (κ2) is 6.10. The molecule has 1 N–H and O–H groups in total. The minimum Gasteiger partial charge on any atom is -0.493 e. The molecular formula is C18H18O4. The molecule has 0 fully saturated rings. The van der Waals surface area contributed by atoms with Crippen molar-refractivity contribution in [2.45, 2.75) is 26.2 Å². The molecule has 114 valence electrons. The van der Waals surface area contributed by atoms with Crippen LogP contribution in [0, 0.1) is 0 Å². The highest BCUT2D eigenvalue weighted by atomic mass is 16.5. The molecule has 0 atom stereocenters. The number of aromatic carboxylic acids is 1. The van der Waals surface area contributed by atoms with Gasteiger partial charge in [0.15, 0.2) is 0 Å². The number of hydrogen-bond acceptors (Lipinski definition) is 3. The van der Waals surface area contributed by atoms with Crippen LogP contribution in [0.3, 0.4) is 0 Å². The smallest absolute Gasteiger partial charge is 0.339 e.